The Hall–Kier alpha value is -1.000. The van der Waals surface area contributed by atoms with Gasteiger partial charge in [-0.1, -0.05) is 23.2 Å². The summed E-state index contributed by atoms with van der Waals surface area (Å²) in [5.41, 5.74) is -1.54. The van der Waals surface area contributed by atoms with Crippen molar-refractivity contribution in [3.05, 3.63) is 21.7 Å². The number of rotatable bonds is 2. The van der Waals surface area contributed by atoms with Gasteiger partial charge in [0.25, 0.3) is 0 Å². The Bertz CT molecular complexity index is 397. The van der Waals surface area contributed by atoms with Crippen LogP contribution in [0.3, 0.4) is 0 Å². The van der Waals surface area contributed by atoms with E-state index < -0.39 is 17.4 Å². The van der Waals surface area contributed by atoms with Gasteiger partial charge in [0, 0.05) is 11.5 Å². The van der Waals surface area contributed by atoms with Crippen molar-refractivity contribution < 1.29 is 19.8 Å². The molecule has 0 spiro atoms. The quantitative estimate of drug-likeness (QED) is 0.788. The lowest BCUT2D eigenvalue weighted by Crippen LogP contribution is -2.32. The molecule has 0 aliphatic heterocycles. The standard InChI is InChI=1S/C9H8Cl2O4/c1-9(8(14)15)3-4(7(12)13)5(10)2-6(9)11/h2H,3H2,1H3,(H,12,13)(H,14,15). The zero-order valence-corrected chi connectivity index (χ0v) is 9.26. The third kappa shape index (κ3) is 2.01. The van der Waals surface area contributed by atoms with E-state index in [4.69, 9.17) is 33.4 Å². The number of hydrogen-bond acceptors (Lipinski definition) is 2. The average Bonchev–Trinajstić information content (AvgIpc) is 2.10. The summed E-state index contributed by atoms with van der Waals surface area (Å²) in [7, 11) is 0. The lowest BCUT2D eigenvalue weighted by atomic mass is 9.80. The van der Waals surface area contributed by atoms with Crippen LogP contribution in [0.2, 0.25) is 0 Å². The van der Waals surface area contributed by atoms with Crippen molar-refractivity contribution >= 4 is 35.1 Å². The molecule has 0 aromatic rings. The fourth-order valence-corrected chi connectivity index (χ4v) is 1.80. The van der Waals surface area contributed by atoms with Crippen LogP contribution < -0.4 is 0 Å². The molecule has 6 heteroatoms. The van der Waals surface area contributed by atoms with Crippen molar-refractivity contribution in [1.82, 2.24) is 0 Å². The van der Waals surface area contributed by atoms with Crippen LogP contribution in [0, 0.1) is 5.41 Å². The highest BCUT2D eigenvalue weighted by Crippen LogP contribution is 2.43. The molecule has 0 radical (unpaired) electrons. The van der Waals surface area contributed by atoms with Gasteiger partial charge in [0.2, 0.25) is 0 Å². The molecule has 1 atom stereocenters. The number of carboxylic acid groups (broad SMARTS) is 2. The molecule has 0 saturated heterocycles. The minimum Gasteiger partial charge on any atom is -0.481 e. The first-order valence-corrected chi connectivity index (χ1v) is 4.77. The van der Waals surface area contributed by atoms with Gasteiger partial charge < -0.3 is 10.2 Å². The predicted octanol–water partition coefficient (Wildman–Crippen LogP) is 2.18. The number of aliphatic carboxylic acids is 2. The molecule has 0 heterocycles. The van der Waals surface area contributed by atoms with Crippen molar-refractivity contribution in [2.24, 2.45) is 5.41 Å². The number of hydrogen-bond donors (Lipinski definition) is 2. The zero-order valence-electron chi connectivity index (χ0n) is 7.75. The SMILES string of the molecule is CC1(C(=O)O)CC(C(=O)O)=C(Cl)C=C1Cl. The van der Waals surface area contributed by atoms with E-state index in [9.17, 15) is 9.59 Å². The van der Waals surface area contributed by atoms with Crippen LogP contribution in [0.1, 0.15) is 13.3 Å². The van der Waals surface area contributed by atoms with Gasteiger partial charge in [0.1, 0.15) is 5.41 Å². The molecule has 0 aromatic heterocycles. The highest BCUT2D eigenvalue weighted by Gasteiger charge is 2.42. The molecular weight excluding hydrogens is 243 g/mol. The van der Waals surface area contributed by atoms with Crippen LogP contribution in [0.5, 0.6) is 0 Å². The zero-order chi connectivity index (χ0) is 11.8. The van der Waals surface area contributed by atoms with Crippen LogP contribution >= 0.6 is 23.2 Å². The fraction of sp³-hybridized carbons (Fsp3) is 0.333. The predicted molar refractivity (Wildman–Crippen MR) is 54.8 cm³/mol. The highest BCUT2D eigenvalue weighted by molar-refractivity contribution is 6.37. The Balaban J connectivity index is 3.23. The van der Waals surface area contributed by atoms with Crippen LogP contribution in [0.25, 0.3) is 0 Å². The average molecular weight is 251 g/mol. The molecule has 4 nitrogen and oxygen atoms in total. The first-order chi connectivity index (χ1) is 6.79. The Labute approximate surface area is 95.8 Å². The van der Waals surface area contributed by atoms with Crippen molar-refractivity contribution in [3.63, 3.8) is 0 Å². The third-order valence-electron chi connectivity index (χ3n) is 2.33. The maximum Gasteiger partial charge on any atom is 0.333 e. The summed E-state index contributed by atoms with van der Waals surface area (Å²) >= 11 is 11.4. The van der Waals surface area contributed by atoms with E-state index in [2.05, 4.69) is 0 Å². The van der Waals surface area contributed by atoms with Gasteiger partial charge in [-0.25, -0.2) is 4.79 Å². The summed E-state index contributed by atoms with van der Waals surface area (Å²) < 4.78 is 0. The van der Waals surface area contributed by atoms with E-state index in [-0.39, 0.29) is 22.1 Å². The van der Waals surface area contributed by atoms with Crippen LogP contribution in [-0.2, 0) is 9.59 Å². The summed E-state index contributed by atoms with van der Waals surface area (Å²) in [4.78, 5) is 21.8. The van der Waals surface area contributed by atoms with Crippen LogP contribution in [0.15, 0.2) is 21.7 Å². The lowest BCUT2D eigenvalue weighted by molar-refractivity contribution is -0.145. The van der Waals surface area contributed by atoms with Gasteiger partial charge in [0.15, 0.2) is 0 Å². The molecule has 0 saturated carbocycles. The van der Waals surface area contributed by atoms with Crippen molar-refractivity contribution in [1.29, 1.82) is 0 Å². The van der Waals surface area contributed by atoms with Gasteiger partial charge in [-0.3, -0.25) is 4.79 Å². The fourth-order valence-electron chi connectivity index (χ4n) is 1.24. The van der Waals surface area contributed by atoms with E-state index in [0.29, 0.717) is 0 Å². The molecule has 0 bridgehead atoms. The Morgan fingerprint density at radius 1 is 1.40 bits per heavy atom. The Morgan fingerprint density at radius 3 is 2.33 bits per heavy atom. The maximum absolute atomic E-state index is 11.0. The molecule has 15 heavy (non-hydrogen) atoms. The van der Waals surface area contributed by atoms with Gasteiger partial charge in [-0.05, 0) is 13.0 Å². The topological polar surface area (TPSA) is 74.6 Å². The van der Waals surface area contributed by atoms with E-state index in [1.165, 1.54) is 13.0 Å². The second kappa shape index (κ2) is 3.87. The maximum atomic E-state index is 11.0. The van der Waals surface area contributed by atoms with Gasteiger partial charge >= 0.3 is 11.9 Å². The van der Waals surface area contributed by atoms with Gasteiger partial charge in [0.05, 0.1) is 10.6 Å². The summed E-state index contributed by atoms with van der Waals surface area (Å²) in [6.07, 6.45) is 0.954. The molecule has 0 aromatic carbocycles. The second-order valence-electron chi connectivity index (χ2n) is 3.44. The molecule has 1 aliphatic rings. The number of allylic oxidation sites excluding steroid dienone is 2. The van der Waals surface area contributed by atoms with Crippen molar-refractivity contribution in [2.75, 3.05) is 0 Å². The molecule has 1 rings (SSSR count). The minimum absolute atomic E-state index is 0.0220. The van der Waals surface area contributed by atoms with Crippen molar-refractivity contribution in [2.45, 2.75) is 13.3 Å². The second-order valence-corrected chi connectivity index (χ2v) is 4.25. The first kappa shape index (κ1) is 12.1. The van der Waals surface area contributed by atoms with E-state index in [1.54, 1.807) is 0 Å². The van der Waals surface area contributed by atoms with E-state index in [0.717, 1.165) is 0 Å². The number of carboxylic acids is 2. The minimum atomic E-state index is -1.41. The Kier molecular flexibility index (Phi) is 3.11. The van der Waals surface area contributed by atoms with Crippen molar-refractivity contribution in [3.8, 4) is 0 Å². The van der Waals surface area contributed by atoms with Crippen LogP contribution in [-0.4, -0.2) is 22.2 Å². The molecule has 82 valence electrons. The van der Waals surface area contributed by atoms with E-state index in [1.807, 2.05) is 0 Å². The molecule has 1 aliphatic carbocycles. The largest absolute Gasteiger partial charge is 0.481 e. The van der Waals surface area contributed by atoms with E-state index >= 15 is 0 Å². The molecular formula is C9H8Cl2O4. The summed E-state index contributed by atoms with van der Waals surface area (Å²) in [6, 6.07) is 0. The normalized spacial score (nSPS) is 26.2. The summed E-state index contributed by atoms with van der Waals surface area (Å²) in [6.45, 7) is 1.36. The molecule has 0 fully saturated rings. The first-order valence-electron chi connectivity index (χ1n) is 4.02. The highest BCUT2D eigenvalue weighted by atomic mass is 35.5. The molecule has 2 N–H and O–H groups in total. The van der Waals surface area contributed by atoms with Gasteiger partial charge in [-0.2, -0.15) is 0 Å². The third-order valence-corrected chi connectivity index (χ3v) is 3.19. The molecule has 0 amide bonds. The van der Waals surface area contributed by atoms with Crippen LogP contribution in [0.4, 0.5) is 0 Å². The summed E-state index contributed by atoms with van der Waals surface area (Å²) in [5.74, 6) is -2.40. The summed E-state index contributed by atoms with van der Waals surface area (Å²) in [5, 5.41) is 17.8. The van der Waals surface area contributed by atoms with Gasteiger partial charge in [-0.15, -0.1) is 0 Å². The monoisotopic (exact) mass is 250 g/mol. The molecule has 1 unspecified atom stereocenters. The number of halogens is 2. The lowest BCUT2D eigenvalue weighted by Gasteiger charge is -2.28. The Morgan fingerprint density at radius 2 is 1.93 bits per heavy atom. The number of carbonyl (C=O) groups is 2. The smallest absolute Gasteiger partial charge is 0.333 e.